The molecule has 0 saturated heterocycles. The molecule has 5 nitrogen and oxygen atoms in total. The van der Waals surface area contributed by atoms with Gasteiger partial charge in [0.25, 0.3) is 17.7 Å². The molecule has 2 aromatic carbocycles. The molecule has 0 fully saturated rings. The van der Waals surface area contributed by atoms with Crippen LogP contribution in [0.3, 0.4) is 0 Å². The highest BCUT2D eigenvalue weighted by atomic mass is 35.5. The van der Waals surface area contributed by atoms with Crippen LogP contribution in [0.15, 0.2) is 53.4 Å². The average Bonchev–Trinajstić information content (AvgIpc) is 2.60. The topological polar surface area (TPSA) is 77.5 Å². The van der Waals surface area contributed by atoms with Crippen molar-refractivity contribution in [3.05, 3.63) is 64.0 Å². The SMILES string of the molecule is COC1=c2ccccc2=C(S(=O)(=O)S(=O)(=O)c2ccc(Cl)cc2)CC1. The Labute approximate surface area is 150 Å². The van der Waals surface area contributed by atoms with Crippen molar-refractivity contribution in [1.82, 2.24) is 0 Å². The monoisotopic (exact) mass is 398 g/mol. The normalized spacial score (nSPS) is 15.0. The van der Waals surface area contributed by atoms with Gasteiger partial charge in [0.2, 0.25) is 0 Å². The fourth-order valence-corrected chi connectivity index (χ4v) is 7.12. The van der Waals surface area contributed by atoms with Crippen LogP contribution < -0.4 is 10.4 Å². The zero-order chi connectivity index (χ0) is 18.2. The Morgan fingerprint density at radius 1 is 0.840 bits per heavy atom. The maximum Gasteiger partial charge on any atom is 0.286 e. The summed E-state index contributed by atoms with van der Waals surface area (Å²) < 4.78 is 56.7. The fourth-order valence-electron chi connectivity index (χ4n) is 2.80. The maximum atomic E-state index is 12.9. The van der Waals surface area contributed by atoms with E-state index < -0.39 is 17.7 Å². The third-order valence-corrected chi connectivity index (χ3v) is 9.67. The molecule has 0 aromatic heterocycles. The molecule has 0 amide bonds. The van der Waals surface area contributed by atoms with E-state index in [1.54, 1.807) is 24.3 Å². The first-order valence-corrected chi connectivity index (χ1v) is 11.3. The van der Waals surface area contributed by atoms with E-state index in [1.165, 1.54) is 31.4 Å². The lowest BCUT2D eigenvalue weighted by Gasteiger charge is -2.16. The van der Waals surface area contributed by atoms with Crippen molar-refractivity contribution in [2.75, 3.05) is 7.11 Å². The highest BCUT2D eigenvalue weighted by Gasteiger charge is 2.37. The molecule has 0 bridgehead atoms. The van der Waals surface area contributed by atoms with Crippen molar-refractivity contribution in [2.45, 2.75) is 17.7 Å². The van der Waals surface area contributed by atoms with E-state index >= 15 is 0 Å². The summed E-state index contributed by atoms with van der Waals surface area (Å²) in [4.78, 5) is -0.415. The highest BCUT2D eigenvalue weighted by molar-refractivity contribution is 8.70. The number of fused-ring (bicyclic) bond motifs is 1. The first-order valence-electron chi connectivity index (χ1n) is 7.40. The Morgan fingerprint density at radius 3 is 2.04 bits per heavy atom. The van der Waals surface area contributed by atoms with E-state index in [0.29, 0.717) is 27.6 Å². The van der Waals surface area contributed by atoms with Crippen LogP contribution in [0, 0.1) is 0 Å². The van der Waals surface area contributed by atoms with Gasteiger partial charge >= 0.3 is 0 Å². The first kappa shape index (κ1) is 18.0. The van der Waals surface area contributed by atoms with Crippen LogP contribution in [-0.2, 0) is 22.5 Å². The van der Waals surface area contributed by atoms with Crippen LogP contribution in [0.2, 0.25) is 5.02 Å². The summed E-state index contributed by atoms with van der Waals surface area (Å²) in [7, 11) is -7.68. The van der Waals surface area contributed by atoms with Crippen LogP contribution in [0.25, 0.3) is 10.7 Å². The van der Waals surface area contributed by atoms with Gasteiger partial charge in [0.1, 0.15) is 5.76 Å². The van der Waals surface area contributed by atoms with Gasteiger partial charge in [-0.3, -0.25) is 0 Å². The molecule has 0 atom stereocenters. The average molecular weight is 399 g/mol. The molecule has 0 aliphatic heterocycles. The number of benzene rings is 2. The highest BCUT2D eigenvalue weighted by Crippen LogP contribution is 2.29. The number of hydrogen-bond donors (Lipinski definition) is 0. The van der Waals surface area contributed by atoms with Gasteiger partial charge in [-0.25, -0.2) is 16.8 Å². The molecule has 0 spiro atoms. The third kappa shape index (κ3) is 2.96. The van der Waals surface area contributed by atoms with Crippen molar-refractivity contribution < 1.29 is 21.6 Å². The molecule has 25 heavy (non-hydrogen) atoms. The van der Waals surface area contributed by atoms with Gasteiger partial charge < -0.3 is 4.74 Å². The maximum absolute atomic E-state index is 12.9. The second-order valence-electron chi connectivity index (χ2n) is 5.46. The van der Waals surface area contributed by atoms with E-state index in [4.69, 9.17) is 16.3 Å². The molecule has 132 valence electrons. The predicted molar refractivity (Wildman–Crippen MR) is 96.3 cm³/mol. The minimum absolute atomic E-state index is 0.0648. The van der Waals surface area contributed by atoms with Gasteiger partial charge in [-0.1, -0.05) is 35.9 Å². The van der Waals surface area contributed by atoms with Gasteiger partial charge in [0.05, 0.1) is 16.9 Å². The fraction of sp³-hybridized carbons (Fsp3) is 0.176. The van der Waals surface area contributed by atoms with Gasteiger partial charge in [-0.2, -0.15) is 0 Å². The molecule has 0 saturated carbocycles. The molecular weight excluding hydrogens is 384 g/mol. The number of hydrogen-bond acceptors (Lipinski definition) is 5. The summed E-state index contributed by atoms with van der Waals surface area (Å²) in [5, 5.41) is 1.29. The van der Waals surface area contributed by atoms with Crippen molar-refractivity contribution in [2.24, 2.45) is 0 Å². The second kappa shape index (κ2) is 6.48. The smallest absolute Gasteiger partial charge is 0.286 e. The summed E-state index contributed by atoms with van der Waals surface area (Å²) in [6.07, 6.45) is 0.382. The zero-order valence-electron chi connectivity index (χ0n) is 13.3. The van der Waals surface area contributed by atoms with E-state index in [9.17, 15) is 16.8 Å². The summed E-state index contributed by atoms with van der Waals surface area (Å²) >= 11 is 5.76. The van der Waals surface area contributed by atoms with E-state index in [2.05, 4.69) is 0 Å². The Morgan fingerprint density at radius 2 is 1.44 bits per heavy atom. The Balaban J connectivity index is 2.31. The van der Waals surface area contributed by atoms with Crippen LogP contribution in [0.5, 0.6) is 0 Å². The lowest BCUT2D eigenvalue weighted by molar-refractivity contribution is 0.348. The van der Waals surface area contributed by atoms with Crippen LogP contribution in [0.4, 0.5) is 0 Å². The molecule has 0 radical (unpaired) electrons. The molecule has 0 unspecified atom stereocenters. The summed E-state index contributed by atoms with van der Waals surface area (Å²) in [6, 6.07) is 11.8. The standard InChI is InChI=1S/C17H15ClO5S2/c1-23-16-10-11-17(15-5-3-2-4-14(15)16)25(21,22)24(19,20)13-8-6-12(18)7-9-13/h2-9H,10-11H2,1H3. The molecule has 3 rings (SSSR count). The van der Waals surface area contributed by atoms with Crippen LogP contribution >= 0.6 is 11.6 Å². The largest absolute Gasteiger partial charge is 0.500 e. The molecule has 0 heterocycles. The Bertz CT molecular complexity index is 1150. The molecule has 8 heteroatoms. The molecule has 1 aliphatic rings. The molecular formula is C17H15ClO5S2. The minimum Gasteiger partial charge on any atom is -0.500 e. The van der Waals surface area contributed by atoms with Crippen LogP contribution in [-0.4, -0.2) is 23.9 Å². The number of methoxy groups -OCH3 is 1. The predicted octanol–water partition coefficient (Wildman–Crippen LogP) is 1.80. The summed E-state index contributed by atoms with van der Waals surface area (Å²) in [5.41, 5.74) is 0. The Kier molecular flexibility index (Phi) is 4.66. The number of ether oxygens (including phenoxy) is 1. The molecule has 1 aliphatic carbocycles. The first-order chi connectivity index (χ1) is 11.8. The number of halogens is 1. The third-order valence-electron chi connectivity index (χ3n) is 4.05. The quantitative estimate of drug-likeness (QED) is 0.734. The van der Waals surface area contributed by atoms with E-state index in [1.807, 2.05) is 0 Å². The number of rotatable bonds is 4. The van der Waals surface area contributed by atoms with Crippen molar-refractivity contribution in [3.63, 3.8) is 0 Å². The van der Waals surface area contributed by atoms with Gasteiger partial charge in [-0.15, -0.1) is 0 Å². The minimum atomic E-state index is -4.60. The van der Waals surface area contributed by atoms with Crippen molar-refractivity contribution in [1.29, 1.82) is 0 Å². The lowest BCUT2D eigenvalue weighted by atomic mass is 10.1. The molecule has 0 N–H and O–H groups in total. The van der Waals surface area contributed by atoms with Crippen molar-refractivity contribution in [3.8, 4) is 0 Å². The zero-order valence-corrected chi connectivity index (χ0v) is 15.7. The summed E-state index contributed by atoms with van der Waals surface area (Å²) in [6.45, 7) is 0. The summed E-state index contributed by atoms with van der Waals surface area (Å²) in [5.74, 6) is 0.637. The van der Waals surface area contributed by atoms with Gasteiger partial charge in [-0.05, 0) is 30.7 Å². The molecule has 2 aromatic rings. The lowest BCUT2D eigenvalue weighted by Crippen LogP contribution is -2.36. The van der Waals surface area contributed by atoms with E-state index in [0.717, 1.165) is 0 Å². The van der Waals surface area contributed by atoms with Gasteiger partial charge in [0, 0.05) is 21.9 Å². The Hall–Kier alpha value is -1.83. The van der Waals surface area contributed by atoms with Crippen molar-refractivity contribution >= 4 is 40.0 Å². The van der Waals surface area contributed by atoms with Gasteiger partial charge in [0.15, 0.2) is 0 Å². The van der Waals surface area contributed by atoms with Crippen LogP contribution in [0.1, 0.15) is 12.8 Å². The second-order valence-corrected chi connectivity index (χ2v) is 11.3. The van der Waals surface area contributed by atoms with E-state index in [-0.39, 0.29) is 16.2 Å².